The summed E-state index contributed by atoms with van der Waals surface area (Å²) >= 11 is 0. The minimum atomic E-state index is -0.466. The van der Waals surface area contributed by atoms with Crippen molar-refractivity contribution >= 4 is 5.78 Å². The molecule has 0 radical (unpaired) electrons. The van der Waals surface area contributed by atoms with Crippen LogP contribution in [0.1, 0.15) is 51.9 Å². The van der Waals surface area contributed by atoms with Crippen LogP contribution in [-0.2, 0) is 14.3 Å². The van der Waals surface area contributed by atoms with Crippen molar-refractivity contribution in [2.75, 3.05) is 0 Å². The van der Waals surface area contributed by atoms with Gasteiger partial charge in [0.25, 0.3) is 0 Å². The highest BCUT2D eigenvalue weighted by atomic mass is 16.7. The second-order valence-electron chi connectivity index (χ2n) is 5.20. The Bertz CT molecular complexity index is 358. The SMILES string of the molecule is CC12CCCC(O1)C1=C(CCCCC1=O)O2. The molecule has 3 heteroatoms. The van der Waals surface area contributed by atoms with Gasteiger partial charge in [-0.05, 0) is 25.7 Å². The van der Waals surface area contributed by atoms with E-state index < -0.39 is 5.79 Å². The van der Waals surface area contributed by atoms with Gasteiger partial charge in [0, 0.05) is 26.2 Å². The fourth-order valence-corrected chi connectivity index (χ4v) is 3.03. The van der Waals surface area contributed by atoms with Gasteiger partial charge in [-0.2, -0.15) is 0 Å². The van der Waals surface area contributed by atoms with Gasteiger partial charge >= 0.3 is 0 Å². The number of Topliss-reactive ketones (excluding diaryl/α,β-unsaturated/α-hetero) is 1. The van der Waals surface area contributed by atoms with Crippen molar-refractivity contribution in [1.29, 1.82) is 0 Å². The first-order chi connectivity index (χ1) is 7.68. The molecular formula is C13H18O3. The predicted molar refractivity (Wildman–Crippen MR) is 58.7 cm³/mol. The highest BCUT2D eigenvalue weighted by Gasteiger charge is 2.44. The molecule has 2 unspecified atom stereocenters. The number of carbonyl (C=O) groups is 1. The normalized spacial score (nSPS) is 38.8. The fourth-order valence-electron chi connectivity index (χ4n) is 3.03. The quantitative estimate of drug-likeness (QED) is 0.632. The van der Waals surface area contributed by atoms with E-state index in [1.807, 2.05) is 6.92 Å². The molecule has 16 heavy (non-hydrogen) atoms. The number of hydrogen-bond acceptors (Lipinski definition) is 3. The molecule has 1 fully saturated rings. The predicted octanol–water partition coefficient (Wildman–Crippen LogP) is 2.70. The molecule has 0 aromatic rings. The van der Waals surface area contributed by atoms with Crippen molar-refractivity contribution in [2.45, 2.75) is 63.8 Å². The van der Waals surface area contributed by atoms with Crippen LogP contribution >= 0.6 is 0 Å². The number of allylic oxidation sites excluding steroid dienone is 1. The maximum Gasteiger partial charge on any atom is 0.207 e. The molecule has 0 N–H and O–H groups in total. The average Bonchev–Trinajstić information content (AvgIpc) is 2.39. The van der Waals surface area contributed by atoms with E-state index in [1.54, 1.807) is 0 Å². The lowest BCUT2D eigenvalue weighted by Gasteiger charge is -2.44. The fraction of sp³-hybridized carbons (Fsp3) is 0.769. The molecule has 0 aromatic carbocycles. The van der Waals surface area contributed by atoms with E-state index in [1.165, 1.54) is 0 Å². The summed E-state index contributed by atoms with van der Waals surface area (Å²) in [5, 5.41) is 0. The topological polar surface area (TPSA) is 35.5 Å². The first kappa shape index (κ1) is 10.3. The van der Waals surface area contributed by atoms with Crippen LogP contribution in [0.3, 0.4) is 0 Å². The zero-order valence-electron chi connectivity index (χ0n) is 9.75. The number of fused-ring (bicyclic) bond motifs is 3. The Kier molecular flexibility index (Phi) is 2.32. The van der Waals surface area contributed by atoms with Crippen LogP contribution in [0.25, 0.3) is 0 Å². The Balaban J connectivity index is 2.00. The van der Waals surface area contributed by atoms with Gasteiger partial charge in [-0.1, -0.05) is 0 Å². The molecule has 2 atom stereocenters. The summed E-state index contributed by atoms with van der Waals surface area (Å²) in [5.74, 6) is 0.717. The average molecular weight is 222 g/mol. The lowest BCUT2D eigenvalue weighted by Crippen LogP contribution is -2.46. The van der Waals surface area contributed by atoms with Crippen molar-refractivity contribution in [3.8, 4) is 0 Å². The molecule has 3 rings (SSSR count). The number of hydrogen-bond donors (Lipinski definition) is 0. The third-order valence-corrected chi connectivity index (χ3v) is 3.81. The van der Waals surface area contributed by atoms with Crippen LogP contribution in [0.4, 0.5) is 0 Å². The first-order valence-corrected chi connectivity index (χ1v) is 6.31. The van der Waals surface area contributed by atoms with Gasteiger partial charge in [-0.3, -0.25) is 4.79 Å². The molecular weight excluding hydrogens is 204 g/mol. The van der Waals surface area contributed by atoms with Gasteiger partial charge in [0.1, 0.15) is 5.76 Å². The summed E-state index contributed by atoms with van der Waals surface area (Å²) in [4.78, 5) is 12.0. The van der Waals surface area contributed by atoms with E-state index in [-0.39, 0.29) is 11.9 Å². The molecule has 2 heterocycles. The summed E-state index contributed by atoms with van der Waals surface area (Å²) in [6, 6.07) is 0. The summed E-state index contributed by atoms with van der Waals surface area (Å²) in [7, 11) is 0. The Morgan fingerprint density at radius 1 is 1.25 bits per heavy atom. The summed E-state index contributed by atoms with van der Waals surface area (Å²) in [5.41, 5.74) is 0.856. The minimum absolute atomic E-state index is 0.00750. The van der Waals surface area contributed by atoms with E-state index in [9.17, 15) is 4.79 Å². The zero-order chi connectivity index (χ0) is 11.2. The lowest BCUT2D eigenvalue weighted by atomic mass is 9.91. The molecule has 0 aromatic heterocycles. The third kappa shape index (κ3) is 1.58. The molecule has 2 bridgehead atoms. The van der Waals surface area contributed by atoms with Crippen LogP contribution in [0, 0.1) is 0 Å². The van der Waals surface area contributed by atoms with Crippen LogP contribution in [-0.4, -0.2) is 17.7 Å². The van der Waals surface area contributed by atoms with Crippen molar-refractivity contribution in [1.82, 2.24) is 0 Å². The van der Waals surface area contributed by atoms with Crippen LogP contribution in [0.2, 0.25) is 0 Å². The van der Waals surface area contributed by atoms with Gasteiger partial charge in [-0.25, -0.2) is 0 Å². The van der Waals surface area contributed by atoms with Crippen molar-refractivity contribution in [3.05, 3.63) is 11.3 Å². The second-order valence-corrected chi connectivity index (χ2v) is 5.20. The molecule has 0 spiro atoms. The Labute approximate surface area is 95.8 Å². The van der Waals surface area contributed by atoms with Crippen LogP contribution < -0.4 is 0 Å². The van der Waals surface area contributed by atoms with Gasteiger partial charge in [0.2, 0.25) is 5.79 Å². The van der Waals surface area contributed by atoms with Crippen LogP contribution in [0.15, 0.2) is 11.3 Å². The second kappa shape index (κ2) is 3.59. The highest BCUT2D eigenvalue weighted by molar-refractivity contribution is 5.97. The highest BCUT2D eigenvalue weighted by Crippen LogP contribution is 2.42. The Morgan fingerprint density at radius 3 is 2.94 bits per heavy atom. The molecule has 0 amide bonds. The minimum Gasteiger partial charge on any atom is -0.466 e. The summed E-state index contributed by atoms with van der Waals surface area (Å²) in [6.45, 7) is 2.00. The third-order valence-electron chi connectivity index (χ3n) is 3.81. The molecule has 88 valence electrons. The van der Waals surface area contributed by atoms with E-state index in [0.29, 0.717) is 6.42 Å². The molecule has 3 nitrogen and oxygen atoms in total. The van der Waals surface area contributed by atoms with Crippen molar-refractivity contribution < 1.29 is 14.3 Å². The number of rotatable bonds is 0. The smallest absolute Gasteiger partial charge is 0.207 e. The van der Waals surface area contributed by atoms with E-state index in [4.69, 9.17) is 9.47 Å². The van der Waals surface area contributed by atoms with Gasteiger partial charge in [0.05, 0.1) is 11.7 Å². The Morgan fingerprint density at radius 2 is 2.06 bits per heavy atom. The van der Waals surface area contributed by atoms with E-state index in [2.05, 4.69) is 0 Å². The number of carbonyl (C=O) groups excluding carboxylic acids is 1. The first-order valence-electron chi connectivity index (χ1n) is 6.31. The van der Waals surface area contributed by atoms with Crippen molar-refractivity contribution in [2.24, 2.45) is 0 Å². The Hall–Kier alpha value is -0.830. The summed E-state index contributed by atoms with van der Waals surface area (Å²) in [6.07, 6.45) is 6.64. The van der Waals surface area contributed by atoms with E-state index in [0.717, 1.165) is 49.9 Å². The molecule has 0 saturated carbocycles. The standard InChI is InChI=1S/C13H18O3/c1-13-8-4-7-11(16-13)12-9(14)5-2-3-6-10(12)15-13/h11H,2-8H2,1H3. The number of ketones is 1. The molecule has 1 saturated heterocycles. The van der Waals surface area contributed by atoms with Gasteiger partial charge < -0.3 is 9.47 Å². The van der Waals surface area contributed by atoms with Gasteiger partial charge in [0.15, 0.2) is 5.78 Å². The molecule has 2 aliphatic heterocycles. The largest absolute Gasteiger partial charge is 0.466 e. The number of ether oxygens (including phenoxy) is 2. The lowest BCUT2D eigenvalue weighted by molar-refractivity contribution is -0.260. The van der Waals surface area contributed by atoms with Crippen LogP contribution in [0.5, 0.6) is 0 Å². The van der Waals surface area contributed by atoms with Gasteiger partial charge in [-0.15, -0.1) is 0 Å². The zero-order valence-corrected chi connectivity index (χ0v) is 9.75. The molecule has 1 aliphatic carbocycles. The summed E-state index contributed by atoms with van der Waals surface area (Å²) < 4.78 is 11.8. The maximum absolute atomic E-state index is 12.0. The maximum atomic E-state index is 12.0. The molecule has 3 aliphatic rings. The van der Waals surface area contributed by atoms with E-state index >= 15 is 0 Å². The van der Waals surface area contributed by atoms with Crippen molar-refractivity contribution in [3.63, 3.8) is 0 Å². The monoisotopic (exact) mass is 222 g/mol.